The van der Waals surface area contributed by atoms with Crippen LogP contribution in [0.25, 0.3) is 0 Å². The van der Waals surface area contributed by atoms with Gasteiger partial charge < -0.3 is 11.1 Å². The fourth-order valence-corrected chi connectivity index (χ4v) is 0.467. The number of carbonyl (C=O) groups excluding carboxylic acids is 1. The molecule has 0 aliphatic rings. The molecule has 0 aliphatic carbocycles. The van der Waals surface area contributed by atoms with E-state index in [0.29, 0.717) is 19.4 Å². The van der Waals surface area contributed by atoms with Crippen molar-refractivity contribution in [3.8, 4) is 6.07 Å². The van der Waals surface area contributed by atoms with Crippen LogP contribution in [0.3, 0.4) is 0 Å². The molecule has 0 aromatic heterocycles. The molecule has 0 unspecified atom stereocenters. The minimum absolute atomic E-state index is 0.0204. The van der Waals surface area contributed by atoms with Crippen LogP contribution in [-0.2, 0) is 4.79 Å². The Hall–Kier alpha value is -1.08. The van der Waals surface area contributed by atoms with Gasteiger partial charge in [-0.15, -0.1) is 0 Å². The second kappa shape index (κ2) is 6.05. The van der Waals surface area contributed by atoms with Crippen molar-refractivity contribution in [2.75, 3.05) is 13.1 Å². The topological polar surface area (TPSA) is 78.9 Å². The van der Waals surface area contributed by atoms with Crippen molar-refractivity contribution >= 4 is 5.91 Å². The van der Waals surface area contributed by atoms with Crippen LogP contribution >= 0.6 is 0 Å². The van der Waals surface area contributed by atoms with Gasteiger partial charge in [0.25, 0.3) is 0 Å². The maximum atomic E-state index is 10.5. The lowest BCUT2D eigenvalue weighted by Crippen LogP contribution is -2.30. The van der Waals surface area contributed by atoms with Gasteiger partial charge in [-0.2, -0.15) is 5.26 Å². The molecule has 0 heterocycles. The van der Waals surface area contributed by atoms with Gasteiger partial charge >= 0.3 is 0 Å². The van der Waals surface area contributed by atoms with E-state index in [1.54, 1.807) is 0 Å². The number of nitrogens with zero attached hydrogens (tertiary/aromatic N) is 1. The van der Waals surface area contributed by atoms with Gasteiger partial charge in [0, 0.05) is 13.0 Å². The summed E-state index contributed by atoms with van der Waals surface area (Å²) in [5, 5.41) is 10.7. The first kappa shape index (κ1) is 8.92. The van der Waals surface area contributed by atoms with Crippen LogP contribution in [0.15, 0.2) is 0 Å². The van der Waals surface area contributed by atoms with Gasteiger partial charge in [0.2, 0.25) is 5.91 Å². The zero-order valence-electron chi connectivity index (χ0n) is 5.76. The Morgan fingerprint density at radius 2 is 2.40 bits per heavy atom. The van der Waals surface area contributed by atoms with E-state index < -0.39 is 0 Å². The van der Waals surface area contributed by atoms with Crippen LogP contribution in [0.1, 0.15) is 12.8 Å². The number of nitrogens with two attached hydrogens (primary N) is 1. The van der Waals surface area contributed by atoms with E-state index in [2.05, 4.69) is 5.32 Å². The highest BCUT2D eigenvalue weighted by Crippen LogP contribution is 1.81. The number of nitriles is 1. The van der Waals surface area contributed by atoms with Gasteiger partial charge in [0.1, 0.15) is 0 Å². The Morgan fingerprint density at radius 1 is 1.70 bits per heavy atom. The molecule has 0 spiro atoms. The van der Waals surface area contributed by atoms with E-state index >= 15 is 0 Å². The highest BCUT2D eigenvalue weighted by Gasteiger charge is 1.93. The van der Waals surface area contributed by atoms with Crippen molar-refractivity contribution in [1.29, 1.82) is 5.26 Å². The SMILES string of the molecule is N#CCCCNC(=O)CN. The van der Waals surface area contributed by atoms with Crippen molar-refractivity contribution in [3.63, 3.8) is 0 Å². The van der Waals surface area contributed by atoms with E-state index in [4.69, 9.17) is 11.0 Å². The number of hydrogen-bond acceptors (Lipinski definition) is 3. The molecule has 4 nitrogen and oxygen atoms in total. The number of unbranched alkanes of at least 4 members (excludes halogenated alkanes) is 1. The smallest absolute Gasteiger partial charge is 0.233 e. The molecule has 1 amide bonds. The number of rotatable bonds is 4. The lowest BCUT2D eigenvalue weighted by Gasteiger charge is -1.98. The van der Waals surface area contributed by atoms with E-state index in [0.717, 1.165) is 0 Å². The van der Waals surface area contributed by atoms with Crippen LogP contribution in [0.5, 0.6) is 0 Å². The second-order valence-electron chi connectivity index (χ2n) is 1.82. The molecule has 0 saturated carbocycles. The lowest BCUT2D eigenvalue weighted by molar-refractivity contribution is -0.119. The second-order valence-corrected chi connectivity index (χ2v) is 1.82. The van der Waals surface area contributed by atoms with Crippen LogP contribution in [0.2, 0.25) is 0 Å². The Morgan fingerprint density at radius 3 is 2.90 bits per heavy atom. The average Bonchev–Trinajstić information content (AvgIpc) is 1.98. The summed E-state index contributed by atoms with van der Waals surface area (Å²) < 4.78 is 0. The predicted octanol–water partition coefficient (Wildman–Crippen LogP) is -0.635. The monoisotopic (exact) mass is 141 g/mol. The largest absolute Gasteiger partial charge is 0.355 e. The Balaban J connectivity index is 3.05. The molecule has 3 N–H and O–H groups in total. The first-order chi connectivity index (χ1) is 4.81. The molecular weight excluding hydrogens is 130 g/mol. The molecule has 0 aromatic rings. The molecule has 56 valence electrons. The molecule has 0 atom stereocenters. The molecular formula is C6H11N3O. The maximum Gasteiger partial charge on any atom is 0.233 e. The van der Waals surface area contributed by atoms with Gasteiger partial charge in [0.05, 0.1) is 12.6 Å². The summed E-state index contributed by atoms with van der Waals surface area (Å²) in [7, 11) is 0. The molecule has 0 saturated heterocycles. The van der Waals surface area contributed by atoms with E-state index in [9.17, 15) is 4.79 Å². The average molecular weight is 141 g/mol. The Kier molecular flexibility index (Phi) is 5.39. The van der Waals surface area contributed by atoms with Crippen molar-refractivity contribution in [1.82, 2.24) is 5.32 Å². The van der Waals surface area contributed by atoms with Crippen LogP contribution in [-0.4, -0.2) is 19.0 Å². The highest BCUT2D eigenvalue weighted by atomic mass is 16.1. The summed E-state index contributed by atoms with van der Waals surface area (Å²) >= 11 is 0. The van der Waals surface area contributed by atoms with Crippen molar-refractivity contribution in [3.05, 3.63) is 0 Å². The van der Waals surface area contributed by atoms with E-state index in [1.807, 2.05) is 6.07 Å². The number of nitrogens with one attached hydrogen (secondary N) is 1. The minimum atomic E-state index is -0.169. The Labute approximate surface area is 60.0 Å². The first-order valence-electron chi connectivity index (χ1n) is 3.15. The van der Waals surface area contributed by atoms with Crippen molar-refractivity contribution in [2.45, 2.75) is 12.8 Å². The van der Waals surface area contributed by atoms with Gasteiger partial charge in [-0.1, -0.05) is 0 Å². The molecule has 4 heteroatoms. The first-order valence-corrected chi connectivity index (χ1v) is 3.15. The van der Waals surface area contributed by atoms with Crippen LogP contribution in [0.4, 0.5) is 0 Å². The van der Waals surface area contributed by atoms with Crippen molar-refractivity contribution in [2.24, 2.45) is 5.73 Å². The molecule has 10 heavy (non-hydrogen) atoms. The summed E-state index contributed by atoms with van der Waals surface area (Å²) in [5.41, 5.74) is 5.01. The van der Waals surface area contributed by atoms with E-state index in [1.165, 1.54) is 0 Å². The molecule has 0 rings (SSSR count). The van der Waals surface area contributed by atoms with Gasteiger partial charge in [-0.25, -0.2) is 0 Å². The van der Waals surface area contributed by atoms with Crippen LogP contribution in [0, 0.1) is 11.3 Å². The van der Waals surface area contributed by atoms with Crippen LogP contribution < -0.4 is 11.1 Å². The third-order valence-corrected chi connectivity index (χ3v) is 0.973. The minimum Gasteiger partial charge on any atom is -0.355 e. The summed E-state index contributed by atoms with van der Waals surface area (Å²) in [6.45, 7) is 0.566. The van der Waals surface area contributed by atoms with Crippen molar-refractivity contribution < 1.29 is 4.79 Å². The lowest BCUT2D eigenvalue weighted by atomic mass is 10.3. The number of amides is 1. The highest BCUT2D eigenvalue weighted by molar-refractivity contribution is 5.77. The van der Waals surface area contributed by atoms with Gasteiger partial charge in [0.15, 0.2) is 0 Å². The molecule has 0 bridgehead atoms. The number of hydrogen-bond donors (Lipinski definition) is 2. The van der Waals surface area contributed by atoms with Gasteiger partial charge in [-0.3, -0.25) is 4.79 Å². The summed E-state index contributed by atoms with van der Waals surface area (Å²) in [5.74, 6) is -0.169. The fraction of sp³-hybridized carbons (Fsp3) is 0.667. The molecule has 0 aromatic carbocycles. The summed E-state index contributed by atoms with van der Waals surface area (Å²) in [6, 6.07) is 1.98. The normalized spacial score (nSPS) is 8.40. The predicted molar refractivity (Wildman–Crippen MR) is 36.9 cm³/mol. The number of carbonyl (C=O) groups is 1. The maximum absolute atomic E-state index is 10.5. The quantitative estimate of drug-likeness (QED) is 0.511. The zero-order valence-corrected chi connectivity index (χ0v) is 5.76. The van der Waals surface area contributed by atoms with E-state index in [-0.39, 0.29) is 12.5 Å². The molecule has 0 aliphatic heterocycles. The summed E-state index contributed by atoms with van der Waals surface area (Å²) in [4.78, 5) is 10.5. The third-order valence-electron chi connectivity index (χ3n) is 0.973. The standard InChI is InChI=1S/C6H11N3O/c7-3-1-2-4-9-6(10)5-8/h1-2,4-5,8H2,(H,9,10). The third kappa shape index (κ3) is 5.06. The fourth-order valence-electron chi connectivity index (χ4n) is 0.467. The molecule has 0 fully saturated rings. The summed E-state index contributed by atoms with van der Waals surface area (Å²) in [6.07, 6.45) is 1.17. The Bertz CT molecular complexity index is 138. The molecule has 0 radical (unpaired) electrons. The zero-order chi connectivity index (χ0) is 7.82. The van der Waals surface area contributed by atoms with Gasteiger partial charge in [-0.05, 0) is 6.42 Å².